The maximum atomic E-state index is 12.2. The molecule has 0 spiro atoms. The lowest BCUT2D eigenvalue weighted by Gasteiger charge is -2.26. The molecule has 0 aliphatic carbocycles. The standard InChI is InChI=1S/C76H64N2O4/c1-55(79)13-14-56-15-20-60(21-16-56)66-32-44-72(45-33-66)77(70-40-28-64(29-41-70)58-9-5-3-6-10-58)74-48-36-68(37-49-74)62-24-26-63(27-25-62)69-38-50-75(51-39-69)78(71-42-30-65(31-43-71)59-11-7-4-8-12-59)73-46-34-67(35-47-73)61-22-17-57(18-23-61)19-52-76(80)82-54-53-81-2/h3-12,15-18,20-51H,13-14,19,52-54H2,1-2H3. The summed E-state index contributed by atoms with van der Waals surface area (Å²) in [5.41, 5.74) is 22.4. The zero-order valence-corrected chi connectivity index (χ0v) is 46.3. The molecule has 0 aromatic heterocycles. The first-order valence-electron chi connectivity index (χ1n) is 28.1. The van der Waals surface area contributed by atoms with Crippen LogP contribution in [-0.4, -0.2) is 32.1 Å². The number of carbonyl (C=O) groups excluding carboxylic acids is 2. The predicted molar refractivity (Wildman–Crippen MR) is 339 cm³/mol. The fourth-order valence-corrected chi connectivity index (χ4v) is 10.4. The average molecular weight is 1070 g/mol. The van der Waals surface area contributed by atoms with Crippen molar-refractivity contribution in [2.45, 2.75) is 32.6 Å². The van der Waals surface area contributed by atoms with Crippen LogP contribution in [0.4, 0.5) is 34.1 Å². The first kappa shape index (κ1) is 54.1. The topological polar surface area (TPSA) is 59.1 Å². The molecule has 0 aliphatic rings. The normalized spacial score (nSPS) is 11.0. The van der Waals surface area contributed by atoms with Gasteiger partial charge < -0.3 is 24.1 Å². The average Bonchev–Trinajstić information content (AvgIpc) is 3.64. The molecule has 0 fully saturated rings. The molecule has 0 aliphatic heterocycles. The highest BCUT2D eigenvalue weighted by Crippen LogP contribution is 2.40. The molecule has 0 unspecified atom stereocenters. The quantitative estimate of drug-likeness (QED) is 0.0528. The van der Waals surface area contributed by atoms with Crippen LogP contribution in [0.2, 0.25) is 0 Å². The van der Waals surface area contributed by atoms with Gasteiger partial charge in [-0.15, -0.1) is 0 Å². The van der Waals surface area contributed by atoms with Gasteiger partial charge in [-0.3, -0.25) is 4.79 Å². The summed E-state index contributed by atoms with van der Waals surface area (Å²) >= 11 is 0. The Bertz CT molecular complexity index is 3830. The van der Waals surface area contributed by atoms with Crippen molar-refractivity contribution in [3.63, 3.8) is 0 Å². The van der Waals surface area contributed by atoms with Crippen molar-refractivity contribution in [1.29, 1.82) is 0 Å². The number of aryl methyl sites for hydroxylation is 2. The number of ether oxygens (including phenoxy) is 2. The molecule has 0 bridgehead atoms. The number of rotatable bonds is 21. The molecule has 0 atom stereocenters. The Morgan fingerprint density at radius 1 is 0.293 bits per heavy atom. The Balaban J connectivity index is 0.816. The predicted octanol–water partition coefficient (Wildman–Crippen LogP) is 19.3. The molecule has 0 amide bonds. The summed E-state index contributed by atoms with van der Waals surface area (Å²) in [4.78, 5) is 28.4. The molecule has 11 rings (SSSR count). The van der Waals surface area contributed by atoms with Gasteiger partial charge in [0.1, 0.15) is 12.4 Å². The number of benzene rings is 11. The lowest BCUT2D eigenvalue weighted by molar-refractivity contribution is -0.144. The third-order valence-electron chi connectivity index (χ3n) is 15.0. The largest absolute Gasteiger partial charge is 0.463 e. The number of anilines is 6. The molecular formula is C76H64N2O4. The molecule has 6 nitrogen and oxygen atoms in total. The number of Topliss-reactive ketones (excluding diaryl/α,β-unsaturated/α-hetero) is 1. The summed E-state index contributed by atoms with van der Waals surface area (Å²) in [7, 11) is 1.59. The van der Waals surface area contributed by atoms with Crippen molar-refractivity contribution in [3.05, 3.63) is 290 Å². The molecular weight excluding hydrogens is 1000 g/mol. The summed E-state index contributed by atoms with van der Waals surface area (Å²) < 4.78 is 10.2. The molecule has 6 heteroatoms. The first-order chi connectivity index (χ1) is 40.3. The van der Waals surface area contributed by atoms with E-state index in [0.717, 1.165) is 96.2 Å². The number of hydrogen-bond donors (Lipinski definition) is 0. The van der Waals surface area contributed by atoms with Crippen LogP contribution in [0.15, 0.2) is 279 Å². The Hall–Kier alpha value is -9.88. The molecule has 0 saturated heterocycles. The van der Waals surface area contributed by atoms with Crippen molar-refractivity contribution in [2.75, 3.05) is 30.1 Å². The number of methoxy groups -OCH3 is 1. The number of esters is 1. The van der Waals surface area contributed by atoms with Gasteiger partial charge in [-0.05, 0) is 170 Å². The number of ketones is 1. The number of carbonyl (C=O) groups is 2. The second kappa shape index (κ2) is 25.9. The van der Waals surface area contributed by atoms with Gasteiger partial charge in [0.2, 0.25) is 0 Å². The zero-order valence-electron chi connectivity index (χ0n) is 46.3. The van der Waals surface area contributed by atoms with Crippen molar-refractivity contribution in [1.82, 2.24) is 0 Å². The van der Waals surface area contributed by atoms with Gasteiger partial charge in [-0.2, -0.15) is 0 Å². The van der Waals surface area contributed by atoms with Crippen LogP contribution in [0.25, 0.3) is 66.8 Å². The van der Waals surface area contributed by atoms with E-state index in [2.05, 4.69) is 277 Å². The molecule has 402 valence electrons. The molecule has 11 aromatic carbocycles. The number of hydrogen-bond acceptors (Lipinski definition) is 6. The van der Waals surface area contributed by atoms with E-state index in [0.29, 0.717) is 25.9 Å². The van der Waals surface area contributed by atoms with E-state index in [4.69, 9.17) is 9.47 Å². The highest BCUT2D eigenvalue weighted by Gasteiger charge is 2.17. The first-order valence-corrected chi connectivity index (χ1v) is 28.1. The molecule has 0 saturated carbocycles. The minimum Gasteiger partial charge on any atom is -0.463 e. The van der Waals surface area contributed by atoms with E-state index in [1.54, 1.807) is 14.0 Å². The highest BCUT2D eigenvalue weighted by molar-refractivity contribution is 5.84. The van der Waals surface area contributed by atoms with Crippen molar-refractivity contribution >= 4 is 45.9 Å². The monoisotopic (exact) mass is 1070 g/mol. The molecule has 11 aromatic rings. The van der Waals surface area contributed by atoms with Crippen LogP contribution in [0.5, 0.6) is 0 Å². The van der Waals surface area contributed by atoms with E-state index in [1.165, 1.54) is 22.3 Å². The van der Waals surface area contributed by atoms with E-state index in [-0.39, 0.29) is 18.4 Å². The lowest BCUT2D eigenvalue weighted by atomic mass is 9.99. The fourth-order valence-electron chi connectivity index (χ4n) is 10.4. The fraction of sp³-hybridized carbons (Fsp3) is 0.105. The van der Waals surface area contributed by atoms with Gasteiger partial charge in [0.05, 0.1) is 6.61 Å². The maximum Gasteiger partial charge on any atom is 0.306 e. The summed E-state index contributed by atoms with van der Waals surface area (Å²) in [6, 6.07) is 99.5. The third-order valence-corrected chi connectivity index (χ3v) is 15.0. The van der Waals surface area contributed by atoms with E-state index in [1.807, 2.05) is 12.1 Å². The lowest BCUT2D eigenvalue weighted by Crippen LogP contribution is -2.10. The minimum absolute atomic E-state index is 0.211. The molecule has 0 radical (unpaired) electrons. The summed E-state index contributed by atoms with van der Waals surface area (Å²) in [5, 5.41) is 0. The van der Waals surface area contributed by atoms with Gasteiger partial charge in [0.15, 0.2) is 0 Å². The Labute approximate surface area is 482 Å². The van der Waals surface area contributed by atoms with Crippen LogP contribution in [0.1, 0.15) is 30.9 Å². The SMILES string of the molecule is COCCOC(=O)CCc1ccc(-c2ccc(N(c3ccc(-c4ccccc4)cc3)c3ccc(-c4ccc(-c5ccc(N(c6ccc(-c7ccccc7)cc6)c6ccc(-c7ccc(CCC(C)=O)cc7)cc6)cc5)cc4)cc3)cc2)cc1. The van der Waals surface area contributed by atoms with Gasteiger partial charge in [-0.1, -0.05) is 206 Å². The summed E-state index contributed by atoms with van der Waals surface area (Å²) in [5.74, 6) is -0.00515. The van der Waals surface area contributed by atoms with Crippen molar-refractivity contribution < 1.29 is 19.1 Å². The van der Waals surface area contributed by atoms with Crippen LogP contribution in [0.3, 0.4) is 0 Å². The second-order valence-electron chi connectivity index (χ2n) is 20.6. The summed E-state index contributed by atoms with van der Waals surface area (Å²) in [6.07, 6.45) is 2.28. The molecule has 82 heavy (non-hydrogen) atoms. The minimum atomic E-state index is -0.216. The molecule has 0 heterocycles. The van der Waals surface area contributed by atoms with Gasteiger partial charge >= 0.3 is 5.97 Å². The van der Waals surface area contributed by atoms with E-state index in [9.17, 15) is 9.59 Å². The smallest absolute Gasteiger partial charge is 0.306 e. The molecule has 0 N–H and O–H groups in total. The van der Waals surface area contributed by atoms with Crippen LogP contribution >= 0.6 is 0 Å². The highest BCUT2D eigenvalue weighted by atomic mass is 16.6. The Morgan fingerprint density at radius 3 is 0.780 bits per heavy atom. The summed E-state index contributed by atoms with van der Waals surface area (Å²) in [6.45, 7) is 2.32. The van der Waals surface area contributed by atoms with E-state index < -0.39 is 0 Å². The third kappa shape index (κ3) is 13.2. The van der Waals surface area contributed by atoms with E-state index >= 15 is 0 Å². The maximum absolute atomic E-state index is 12.2. The van der Waals surface area contributed by atoms with Crippen molar-refractivity contribution in [3.8, 4) is 66.8 Å². The van der Waals surface area contributed by atoms with Crippen LogP contribution in [-0.2, 0) is 31.9 Å². The van der Waals surface area contributed by atoms with Gasteiger partial charge in [-0.25, -0.2) is 0 Å². The zero-order chi connectivity index (χ0) is 56.0. The van der Waals surface area contributed by atoms with Crippen LogP contribution < -0.4 is 9.80 Å². The van der Waals surface area contributed by atoms with Gasteiger partial charge in [0, 0.05) is 54.1 Å². The second-order valence-corrected chi connectivity index (χ2v) is 20.6. The van der Waals surface area contributed by atoms with Crippen molar-refractivity contribution in [2.24, 2.45) is 0 Å². The van der Waals surface area contributed by atoms with Crippen LogP contribution in [0, 0.1) is 0 Å². The Morgan fingerprint density at radius 2 is 0.524 bits per heavy atom. The number of nitrogens with zero attached hydrogens (tertiary/aromatic N) is 2. The Kier molecular flexibility index (Phi) is 17.1. The van der Waals surface area contributed by atoms with Gasteiger partial charge in [0.25, 0.3) is 0 Å².